The molecule has 92 valence electrons. The van der Waals surface area contributed by atoms with Gasteiger partial charge in [-0.3, -0.25) is 0 Å². The van der Waals surface area contributed by atoms with E-state index in [0.717, 1.165) is 20.9 Å². The minimum Gasteiger partial charge on any atom is -0.478 e. The van der Waals surface area contributed by atoms with Crippen molar-refractivity contribution >= 4 is 38.4 Å². The summed E-state index contributed by atoms with van der Waals surface area (Å²) in [4.78, 5) is 11.2. The molecule has 0 aliphatic carbocycles. The Labute approximate surface area is 113 Å². The number of rotatable bonds is 4. The first kappa shape index (κ1) is 12.6. The lowest BCUT2D eigenvalue weighted by molar-refractivity contribution is 0.0699. The fourth-order valence-electron chi connectivity index (χ4n) is 1.83. The molecule has 0 aliphatic rings. The molecule has 0 unspecified atom stereocenters. The number of carbonyl (C=O) groups is 1. The summed E-state index contributed by atoms with van der Waals surface area (Å²) >= 11 is 3.28. The largest absolute Gasteiger partial charge is 0.478 e. The van der Waals surface area contributed by atoms with E-state index in [-0.39, 0.29) is 0 Å². The molecule has 0 aromatic heterocycles. The van der Waals surface area contributed by atoms with Crippen LogP contribution in [-0.2, 0) is 0 Å². The fraction of sp³-hybridized carbons (Fsp3) is 0.0714. The van der Waals surface area contributed by atoms with Gasteiger partial charge >= 0.3 is 5.97 Å². The molecule has 0 aliphatic heterocycles. The zero-order valence-electron chi connectivity index (χ0n) is 9.61. The topological polar surface area (TPSA) is 49.3 Å². The van der Waals surface area contributed by atoms with E-state index in [1.807, 2.05) is 24.3 Å². The van der Waals surface area contributed by atoms with Crippen LogP contribution in [0.2, 0.25) is 0 Å². The van der Waals surface area contributed by atoms with E-state index in [4.69, 9.17) is 5.11 Å². The summed E-state index contributed by atoms with van der Waals surface area (Å²) in [6.07, 6.45) is 0. The van der Waals surface area contributed by atoms with Crippen LogP contribution in [0.15, 0.2) is 47.5 Å². The monoisotopic (exact) mass is 305 g/mol. The maximum absolute atomic E-state index is 11.2. The molecule has 2 aromatic rings. The second kappa shape index (κ2) is 5.23. The van der Waals surface area contributed by atoms with Gasteiger partial charge in [-0.15, -0.1) is 0 Å². The number of benzene rings is 2. The maximum atomic E-state index is 11.2. The van der Waals surface area contributed by atoms with Crippen LogP contribution >= 0.6 is 15.9 Å². The van der Waals surface area contributed by atoms with E-state index in [1.165, 1.54) is 0 Å². The highest BCUT2D eigenvalue weighted by molar-refractivity contribution is 9.11. The Balaban J connectivity index is 2.53. The molecule has 0 saturated heterocycles. The molecule has 2 aromatic carbocycles. The second-order valence-electron chi connectivity index (χ2n) is 3.88. The van der Waals surface area contributed by atoms with E-state index >= 15 is 0 Å². The lowest BCUT2D eigenvalue weighted by Crippen LogP contribution is -2.03. The molecule has 18 heavy (non-hydrogen) atoms. The number of carboxylic acid groups (broad SMARTS) is 1. The molecule has 0 atom stereocenters. The van der Waals surface area contributed by atoms with Gasteiger partial charge in [0.25, 0.3) is 0 Å². The molecule has 4 heteroatoms. The molecule has 0 bridgehead atoms. The van der Waals surface area contributed by atoms with Crippen LogP contribution in [0, 0.1) is 0 Å². The molecule has 0 spiro atoms. The van der Waals surface area contributed by atoms with Crippen LogP contribution in [0.25, 0.3) is 10.8 Å². The average molecular weight is 306 g/mol. The van der Waals surface area contributed by atoms with Crippen molar-refractivity contribution in [1.29, 1.82) is 0 Å². The van der Waals surface area contributed by atoms with E-state index in [0.29, 0.717) is 12.1 Å². The first-order valence-corrected chi connectivity index (χ1v) is 6.21. The van der Waals surface area contributed by atoms with Gasteiger partial charge in [0.05, 0.1) is 5.56 Å². The van der Waals surface area contributed by atoms with E-state index in [2.05, 4.69) is 27.8 Å². The Morgan fingerprint density at radius 2 is 1.89 bits per heavy atom. The van der Waals surface area contributed by atoms with Gasteiger partial charge in [0.15, 0.2) is 0 Å². The summed E-state index contributed by atoms with van der Waals surface area (Å²) in [7, 11) is 0. The quantitative estimate of drug-likeness (QED) is 0.902. The predicted molar refractivity (Wildman–Crippen MR) is 77.5 cm³/mol. The Morgan fingerprint density at radius 3 is 2.50 bits per heavy atom. The van der Waals surface area contributed by atoms with Crippen LogP contribution in [0.1, 0.15) is 10.4 Å². The van der Waals surface area contributed by atoms with Crippen molar-refractivity contribution in [3.8, 4) is 0 Å². The summed E-state index contributed by atoms with van der Waals surface area (Å²) in [5, 5.41) is 14.0. The smallest absolute Gasteiger partial charge is 0.336 e. The predicted octanol–water partition coefficient (Wildman–Crippen LogP) is 3.86. The van der Waals surface area contributed by atoms with Gasteiger partial charge < -0.3 is 10.4 Å². The van der Waals surface area contributed by atoms with Gasteiger partial charge in [-0.2, -0.15) is 0 Å². The molecule has 0 heterocycles. The van der Waals surface area contributed by atoms with Crippen molar-refractivity contribution < 1.29 is 9.90 Å². The fourth-order valence-corrected chi connectivity index (χ4v) is 1.97. The van der Waals surface area contributed by atoms with Crippen molar-refractivity contribution in [3.05, 3.63) is 53.0 Å². The number of carboxylic acids is 1. The molecule has 0 amide bonds. The molecular weight excluding hydrogens is 294 g/mol. The first-order chi connectivity index (χ1) is 8.59. The normalized spacial score (nSPS) is 10.3. The van der Waals surface area contributed by atoms with Crippen LogP contribution in [0.5, 0.6) is 0 Å². The van der Waals surface area contributed by atoms with Gasteiger partial charge in [0, 0.05) is 22.1 Å². The zero-order valence-corrected chi connectivity index (χ0v) is 11.2. The van der Waals surface area contributed by atoms with Gasteiger partial charge in [-0.1, -0.05) is 46.8 Å². The number of hydrogen-bond donors (Lipinski definition) is 2. The third-order valence-electron chi connectivity index (χ3n) is 2.63. The molecule has 0 saturated carbocycles. The lowest BCUT2D eigenvalue weighted by Gasteiger charge is -2.11. The number of halogens is 1. The second-order valence-corrected chi connectivity index (χ2v) is 5.00. The highest BCUT2D eigenvalue weighted by Gasteiger charge is 2.10. The Morgan fingerprint density at radius 1 is 1.22 bits per heavy atom. The van der Waals surface area contributed by atoms with Gasteiger partial charge in [-0.05, 0) is 17.5 Å². The number of fused-ring (bicyclic) bond motifs is 1. The van der Waals surface area contributed by atoms with Crippen molar-refractivity contribution in [2.75, 3.05) is 11.9 Å². The van der Waals surface area contributed by atoms with E-state index in [1.54, 1.807) is 12.1 Å². The molecule has 0 radical (unpaired) electrons. The number of anilines is 1. The van der Waals surface area contributed by atoms with Crippen molar-refractivity contribution in [1.82, 2.24) is 0 Å². The Hall–Kier alpha value is -1.81. The first-order valence-electron chi connectivity index (χ1n) is 5.42. The third-order valence-corrected chi connectivity index (χ3v) is 2.91. The molecule has 0 fully saturated rings. The van der Waals surface area contributed by atoms with E-state index in [9.17, 15) is 4.79 Å². The van der Waals surface area contributed by atoms with Crippen molar-refractivity contribution in [3.63, 3.8) is 0 Å². The summed E-state index contributed by atoms with van der Waals surface area (Å²) in [5.74, 6) is -0.914. The van der Waals surface area contributed by atoms with Crippen LogP contribution in [-0.4, -0.2) is 17.6 Å². The molecular formula is C14H12BrNO2. The number of nitrogens with one attached hydrogen (secondary N) is 1. The third kappa shape index (κ3) is 2.54. The average Bonchev–Trinajstić information content (AvgIpc) is 2.35. The lowest BCUT2D eigenvalue weighted by atomic mass is 10.0. The summed E-state index contributed by atoms with van der Waals surface area (Å²) in [5.41, 5.74) is 1.21. The summed E-state index contributed by atoms with van der Waals surface area (Å²) in [6.45, 7) is 4.35. The number of hydrogen-bond acceptors (Lipinski definition) is 2. The molecule has 2 rings (SSSR count). The standard InChI is InChI=1S/C14H12BrNO2/c1-9(15)8-16-13-7-6-12(14(17)18)10-4-2-3-5-11(10)13/h2-7,16H,1,8H2,(H,17,18). The zero-order chi connectivity index (χ0) is 13.1. The molecule has 2 N–H and O–H groups in total. The Kier molecular flexibility index (Phi) is 3.67. The maximum Gasteiger partial charge on any atom is 0.336 e. The summed E-state index contributed by atoms with van der Waals surface area (Å²) < 4.78 is 0.842. The summed E-state index contributed by atoms with van der Waals surface area (Å²) in [6, 6.07) is 10.8. The van der Waals surface area contributed by atoms with Gasteiger partial charge in [0.1, 0.15) is 0 Å². The SMILES string of the molecule is C=C(Br)CNc1ccc(C(=O)O)c2ccccc12. The minimum absolute atomic E-state index is 0.314. The van der Waals surface area contributed by atoms with E-state index < -0.39 is 5.97 Å². The van der Waals surface area contributed by atoms with Crippen molar-refractivity contribution in [2.45, 2.75) is 0 Å². The minimum atomic E-state index is -0.914. The van der Waals surface area contributed by atoms with Crippen LogP contribution < -0.4 is 5.32 Å². The Bertz CT molecular complexity index is 622. The highest BCUT2D eigenvalue weighted by Crippen LogP contribution is 2.27. The van der Waals surface area contributed by atoms with Crippen LogP contribution in [0.3, 0.4) is 0 Å². The number of aromatic carboxylic acids is 1. The van der Waals surface area contributed by atoms with Crippen molar-refractivity contribution in [2.24, 2.45) is 0 Å². The van der Waals surface area contributed by atoms with Gasteiger partial charge in [0.2, 0.25) is 0 Å². The van der Waals surface area contributed by atoms with Gasteiger partial charge in [-0.25, -0.2) is 4.79 Å². The van der Waals surface area contributed by atoms with Crippen LogP contribution in [0.4, 0.5) is 5.69 Å². The molecule has 3 nitrogen and oxygen atoms in total. The highest BCUT2D eigenvalue weighted by atomic mass is 79.9.